The summed E-state index contributed by atoms with van der Waals surface area (Å²) in [5, 5.41) is 0. The van der Waals surface area contributed by atoms with Crippen LogP contribution in [0.4, 0.5) is 9.18 Å². The quantitative estimate of drug-likeness (QED) is 0.510. The molecule has 1 aliphatic rings. The molecule has 1 amide bonds. The lowest BCUT2D eigenvalue weighted by Gasteiger charge is -2.28. The first-order valence-electron chi connectivity index (χ1n) is 7.98. The van der Waals surface area contributed by atoms with E-state index in [-0.39, 0.29) is 12.6 Å². The molecule has 1 heterocycles. The van der Waals surface area contributed by atoms with Crippen molar-refractivity contribution in [3.05, 3.63) is 0 Å². The molecule has 1 saturated heterocycles. The van der Waals surface area contributed by atoms with E-state index in [9.17, 15) is 14.0 Å². The van der Waals surface area contributed by atoms with Gasteiger partial charge in [0.2, 0.25) is 0 Å². The van der Waals surface area contributed by atoms with Gasteiger partial charge in [0.15, 0.2) is 0 Å². The van der Waals surface area contributed by atoms with Crippen LogP contribution in [0.25, 0.3) is 0 Å². The van der Waals surface area contributed by atoms with E-state index in [0.29, 0.717) is 26.1 Å². The molecule has 2 atom stereocenters. The molecule has 0 spiro atoms. The van der Waals surface area contributed by atoms with Crippen LogP contribution in [0, 0.1) is 0 Å². The van der Waals surface area contributed by atoms with E-state index < -0.39 is 17.9 Å². The molecule has 0 bridgehead atoms. The van der Waals surface area contributed by atoms with E-state index in [2.05, 4.69) is 0 Å². The Balaban J connectivity index is 2.31. The molecule has 1 fully saturated rings. The highest BCUT2D eigenvalue weighted by Gasteiger charge is 2.37. The van der Waals surface area contributed by atoms with Gasteiger partial charge in [0.25, 0.3) is 0 Å². The summed E-state index contributed by atoms with van der Waals surface area (Å²) in [6.45, 7) is 6.33. The zero-order chi connectivity index (χ0) is 16.6. The Bertz CT molecular complexity index is 357. The highest BCUT2D eigenvalue weighted by atomic mass is 19.1. The summed E-state index contributed by atoms with van der Waals surface area (Å²) in [6.07, 6.45) is 2.97. The fourth-order valence-electron chi connectivity index (χ4n) is 2.39. The van der Waals surface area contributed by atoms with E-state index in [1.165, 1.54) is 4.90 Å². The number of unbranched alkanes of at least 4 members (excludes halogenated alkanes) is 3. The molecule has 22 heavy (non-hydrogen) atoms. The summed E-state index contributed by atoms with van der Waals surface area (Å²) in [5.74, 6) is 0. The Morgan fingerprint density at radius 2 is 2.05 bits per heavy atom. The highest BCUT2D eigenvalue weighted by Crippen LogP contribution is 2.23. The van der Waals surface area contributed by atoms with Crippen LogP contribution in [0.15, 0.2) is 0 Å². The molecule has 0 unspecified atom stereocenters. The maximum atomic E-state index is 13.6. The van der Waals surface area contributed by atoms with Crippen molar-refractivity contribution in [3.63, 3.8) is 0 Å². The number of alkyl halides is 1. The third-order valence-corrected chi connectivity index (χ3v) is 3.41. The lowest BCUT2D eigenvalue weighted by atomic mass is 10.2. The molecule has 0 N–H and O–H groups in total. The first kappa shape index (κ1) is 18.9. The molecule has 0 aliphatic carbocycles. The number of hydrogen-bond acceptors (Lipinski definition) is 4. The molecule has 0 aromatic heterocycles. The number of carbonyl (C=O) groups excluding carboxylic acids is 2. The number of hydrogen-bond donors (Lipinski definition) is 0. The van der Waals surface area contributed by atoms with Gasteiger partial charge >= 0.3 is 6.09 Å². The average Bonchev–Trinajstić information content (AvgIpc) is 2.77. The molecular formula is C16H28FNO4. The van der Waals surface area contributed by atoms with E-state index in [1.54, 1.807) is 20.8 Å². The second kappa shape index (κ2) is 9.08. The second-order valence-electron chi connectivity index (χ2n) is 6.71. The Morgan fingerprint density at radius 3 is 2.68 bits per heavy atom. The molecule has 1 aliphatic heterocycles. The van der Waals surface area contributed by atoms with E-state index >= 15 is 0 Å². The molecule has 128 valence electrons. The summed E-state index contributed by atoms with van der Waals surface area (Å²) in [6, 6.07) is -0.264. The van der Waals surface area contributed by atoms with Crippen molar-refractivity contribution in [2.24, 2.45) is 0 Å². The van der Waals surface area contributed by atoms with Crippen LogP contribution in [0.2, 0.25) is 0 Å². The molecule has 5 nitrogen and oxygen atoms in total. The minimum absolute atomic E-state index is 0.0717. The van der Waals surface area contributed by atoms with Crippen LogP contribution in [-0.2, 0) is 14.3 Å². The fourth-order valence-corrected chi connectivity index (χ4v) is 2.39. The monoisotopic (exact) mass is 317 g/mol. The maximum absolute atomic E-state index is 13.6. The predicted molar refractivity (Wildman–Crippen MR) is 81.6 cm³/mol. The number of amides is 1. The van der Waals surface area contributed by atoms with Crippen molar-refractivity contribution in [2.45, 2.75) is 70.7 Å². The number of halogens is 1. The van der Waals surface area contributed by atoms with Crippen LogP contribution in [0.1, 0.15) is 52.9 Å². The smallest absolute Gasteiger partial charge is 0.410 e. The van der Waals surface area contributed by atoms with Gasteiger partial charge in [-0.2, -0.15) is 0 Å². The van der Waals surface area contributed by atoms with Crippen molar-refractivity contribution >= 4 is 12.4 Å². The number of likely N-dealkylation sites (tertiary alicyclic amines) is 1. The van der Waals surface area contributed by atoms with Gasteiger partial charge in [0, 0.05) is 19.4 Å². The van der Waals surface area contributed by atoms with Gasteiger partial charge < -0.3 is 14.3 Å². The van der Waals surface area contributed by atoms with Crippen molar-refractivity contribution in [1.29, 1.82) is 0 Å². The minimum Gasteiger partial charge on any atom is -0.444 e. The predicted octanol–water partition coefficient (Wildman–Crippen LogP) is 3.11. The van der Waals surface area contributed by atoms with Crippen LogP contribution >= 0.6 is 0 Å². The lowest BCUT2D eigenvalue weighted by molar-refractivity contribution is -0.107. The second-order valence-corrected chi connectivity index (χ2v) is 6.71. The largest absolute Gasteiger partial charge is 0.444 e. The van der Waals surface area contributed by atoms with Gasteiger partial charge in [-0.15, -0.1) is 0 Å². The van der Waals surface area contributed by atoms with Crippen molar-refractivity contribution < 1.29 is 23.5 Å². The number of carbonyl (C=O) groups is 2. The standard InChI is InChI=1S/C16H28FNO4/c1-16(2,3)22-15(20)18-11-13(17)10-14(18)12-21-9-7-5-4-6-8-19/h8,13-14H,4-7,9-12H2,1-3H3/t13-,14-/m0/s1. The van der Waals surface area contributed by atoms with E-state index in [1.807, 2.05) is 0 Å². The third kappa shape index (κ3) is 7.20. The van der Waals surface area contributed by atoms with Crippen LogP contribution in [-0.4, -0.2) is 54.9 Å². The fraction of sp³-hybridized carbons (Fsp3) is 0.875. The van der Waals surface area contributed by atoms with Gasteiger partial charge in [0.1, 0.15) is 18.1 Å². The molecule has 0 aromatic rings. The van der Waals surface area contributed by atoms with Crippen molar-refractivity contribution in [3.8, 4) is 0 Å². The lowest BCUT2D eigenvalue weighted by Crippen LogP contribution is -2.42. The minimum atomic E-state index is -1.02. The van der Waals surface area contributed by atoms with Gasteiger partial charge in [-0.3, -0.25) is 4.90 Å². The highest BCUT2D eigenvalue weighted by molar-refractivity contribution is 5.69. The molecule has 0 aromatic carbocycles. The normalized spacial score (nSPS) is 21.9. The van der Waals surface area contributed by atoms with Gasteiger partial charge in [-0.1, -0.05) is 6.42 Å². The van der Waals surface area contributed by atoms with Crippen LogP contribution in [0.5, 0.6) is 0 Å². The maximum Gasteiger partial charge on any atom is 0.410 e. The summed E-state index contributed by atoms with van der Waals surface area (Å²) in [7, 11) is 0. The van der Waals surface area contributed by atoms with E-state index in [0.717, 1.165) is 25.5 Å². The Kier molecular flexibility index (Phi) is 7.79. The summed E-state index contributed by atoms with van der Waals surface area (Å²) in [4.78, 5) is 23.7. The van der Waals surface area contributed by atoms with Gasteiger partial charge in [0.05, 0.1) is 19.2 Å². The molecule has 6 heteroatoms. The Hall–Kier alpha value is -1.17. The number of ether oxygens (including phenoxy) is 2. The van der Waals surface area contributed by atoms with E-state index in [4.69, 9.17) is 9.47 Å². The summed E-state index contributed by atoms with van der Waals surface area (Å²) in [5.41, 5.74) is -0.588. The van der Waals surface area contributed by atoms with Crippen LogP contribution < -0.4 is 0 Å². The van der Waals surface area contributed by atoms with Gasteiger partial charge in [-0.25, -0.2) is 9.18 Å². The van der Waals surface area contributed by atoms with Crippen molar-refractivity contribution in [1.82, 2.24) is 4.90 Å². The number of nitrogens with zero attached hydrogens (tertiary/aromatic N) is 1. The summed E-state index contributed by atoms with van der Waals surface area (Å²) >= 11 is 0. The number of rotatable bonds is 8. The topological polar surface area (TPSA) is 55.8 Å². The Labute approximate surface area is 132 Å². The van der Waals surface area contributed by atoms with Gasteiger partial charge in [-0.05, 0) is 33.6 Å². The Morgan fingerprint density at radius 1 is 1.32 bits per heavy atom. The molecule has 0 radical (unpaired) electrons. The number of aldehydes is 1. The van der Waals surface area contributed by atoms with Crippen LogP contribution in [0.3, 0.4) is 0 Å². The zero-order valence-corrected chi connectivity index (χ0v) is 13.8. The molecule has 0 saturated carbocycles. The zero-order valence-electron chi connectivity index (χ0n) is 13.8. The first-order chi connectivity index (χ1) is 10.3. The third-order valence-electron chi connectivity index (χ3n) is 3.41. The molecular weight excluding hydrogens is 289 g/mol. The SMILES string of the molecule is CC(C)(C)OC(=O)N1C[C@@H](F)C[C@H]1COCCCCCC=O. The van der Waals surface area contributed by atoms with Crippen molar-refractivity contribution in [2.75, 3.05) is 19.8 Å². The summed E-state index contributed by atoms with van der Waals surface area (Å²) < 4.78 is 24.4. The average molecular weight is 317 g/mol. The first-order valence-corrected chi connectivity index (χ1v) is 7.98. The molecule has 1 rings (SSSR count).